The number of phenolic OH excluding ortho intramolecular Hbond substituents is 1. The Kier molecular flexibility index (Phi) is 2.63. The molecule has 0 aliphatic carbocycles. The van der Waals surface area contributed by atoms with Gasteiger partial charge in [0, 0.05) is 5.39 Å². The van der Waals surface area contributed by atoms with E-state index in [1.807, 2.05) is 24.3 Å². The number of benzene rings is 2. The summed E-state index contributed by atoms with van der Waals surface area (Å²) in [5.41, 5.74) is 1.32. The standard InChI is InChI=1S/C14H16O/c1-3-10(2)11-8-9-14(15)13-7-5-4-6-12(11)13/h4-10,15H,3H2,1-2H3. The Labute approximate surface area is 90.4 Å². The number of rotatable bonds is 2. The van der Waals surface area contributed by atoms with Crippen molar-refractivity contribution in [2.24, 2.45) is 0 Å². The molecule has 0 bridgehead atoms. The van der Waals surface area contributed by atoms with E-state index >= 15 is 0 Å². The Morgan fingerprint density at radius 3 is 2.40 bits per heavy atom. The van der Waals surface area contributed by atoms with E-state index in [4.69, 9.17) is 0 Å². The molecule has 0 aromatic heterocycles. The minimum absolute atomic E-state index is 0.373. The van der Waals surface area contributed by atoms with Gasteiger partial charge in [-0.15, -0.1) is 0 Å². The van der Waals surface area contributed by atoms with Gasteiger partial charge in [-0.3, -0.25) is 0 Å². The van der Waals surface area contributed by atoms with Crippen molar-refractivity contribution in [2.75, 3.05) is 0 Å². The van der Waals surface area contributed by atoms with Crippen molar-refractivity contribution in [3.05, 3.63) is 42.0 Å². The van der Waals surface area contributed by atoms with Gasteiger partial charge < -0.3 is 5.11 Å². The van der Waals surface area contributed by atoms with Crippen LogP contribution in [-0.2, 0) is 0 Å². The maximum atomic E-state index is 9.75. The predicted molar refractivity (Wildman–Crippen MR) is 64.3 cm³/mol. The monoisotopic (exact) mass is 200 g/mol. The van der Waals surface area contributed by atoms with Gasteiger partial charge in [0.15, 0.2) is 0 Å². The molecule has 0 saturated heterocycles. The van der Waals surface area contributed by atoms with Crippen LogP contribution in [0, 0.1) is 0 Å². The smallest absolute Gasteiger partial charge is 0.123 e. The normalized spacial score (nSPS) is 12.9. The van der Waals surface area contributed by atoms with Gasteiger partial charge in [-0.05, 0) is 29.4 Å². The average Bonchev–Trinajstić information content (AvgIpc) is 2.29. The van der Waals surface area contributed by atoms with E-state index in [9.17, 15) is 5.11 Å². The molecule has 15 heavy (non-hydrogen) atoms. The van der Waals surface area contributed by atoms with Crippen LogP contribution in [0.1, 0.15) is 31.7 Å². The van der Waals surface area contributed by atoms with Crippen LogP contribution in [-0.4, -0.2) is 5.11 Å². The Hall–Kier alpha value is -1.50. The van der Waals surface area contributed by atoms with Crippen LogP contribution in [0.5, 0.6) is 5.75 Å². The molecular formula is C14H16O. The summed E-state index contributed by atoms with van der Waals surface area (Å²) in [6.45, 7) is 4.41. The van der Waals surface area contributed by atoms with Crippen LogP contribution >= 0.6 is 0 Å². The highest BCUT2D eigenvalue weighted by Gasteiger charge is 2.09. The summed E-state index contributed by atoms with van der Waals surface area (Å²) in [7, 11) is 0. The Balaban J connectivity index is 2.71. The third-order valence-electron chi connectivity index (χ3n) is 3.08. The lowest BCUT2D eigenvalue weighted by Gasteiger charge is -2.13. The molecule has 2 rings (SSSR count). The van der Waals surface area contributed by atoms with Crippen LogP contribution in [0.25, 0.3) is 10.8 Å². The zero-order chi connectivity index (χ0) is 10.8. The number of fused-ring (bicyclic) bond motifs is 1. The van der Waals surface area contributed by atoms with Crippen molar-refractivity contribution in [1.29, 1.82) is 0 Å². The molecule has 0 heterocycles. The molecule has 1 atom stereocenters. The third kappa shape index (κ3) is 1.70. The molecule has 2 aromatic rings. The van der Waals surface area contributed by atoms with Crippen LogP contribution in [0.4, 0.5) is 0 Å². The summed E-state index contributed by atoms with van der Waals surface area (Å²) in [5, 5.41) is 11.9. The van der Waals surface area contributed by atoms with Gasteiger partial charge in [-0.1, -0.05) is 44.2 Å². The fraction of sp³-hybridized carbons (Fsp3) is 0.286. The van der Waals surface area contributed by atoms with Crippen molar-refractivity contribution in [2.45, 2.75) is 26.2 Å². The summed E-state index contributed by atoms with van der Waals surface area (Å²) in [5.74, 6) is 0.910. The summed E-state index contributed by atoms with van der Waals surface area (Å²) in [6, 6.07) is 11.9. The molecule has 1 N–H and O–H groups in total. The van der Waals surface area contributed by atoms with E-state index in [1.54, 1.807) is 6.07 Å². The third-order valence-corrected chi connectivity index (χ3v) is 3.08. The molecule has 2 aromatic carbocycles. The lowest BCUT2D eigenvalue weighted by molar-refractivity contribution is 0.481. The van der Waals surface area contributed by atoms with Crippen molar-refractivity contribution < 1.29 is 5.11 Å². The SMILES string of the molecule is CCC(C)c1ccc(O)c2ccccc12. The van der Waals surface area contributed by atoms with Crippen LogP contribution in [0.2, 0.25) is 0 Å². The fourth-order valence-corrected chi connectivity index (χ4v) is 1.96. The van der Waals surface area contributed by atoms with E-state index in [-0.39, 0.29) is 0 Å². The molecule has 0 spiro atoms. The van der Waals surface area contributed by atoms with E-state index in [2.05, 4.69) is 19.9 Å². The largest absolute Gasteiger partial charge is 0.507 e. The molecule has 0 aliphatic heterocycles. The second kappa shape index (κ2) is 3.93. The van der Waals surface area contributed by atoms with Crippen molar-refractivity contribution >= 4 is 10.8 Å². The first-order chi connectivity index (χ1) is 7.24. The Morgan fingerprint density at radius 1 is 1.07 bits per heavy atom. The van der Waals surface area contributed by atoms with Gasteiger partial charge in [-0.25, -0.2) is 0 Å². The predicted octanol–water partition coefficient (Wildman–Crippen LogP) is 4.06. The number of hydrogen-bond donors (Lipinski definition) is 1. The van der Waals surface area contributed by atoms with Crippen molar-refractivity contribution in [3.8, 4) is 5.75 Å². The summed E-state index contributed by atoms with van der Waals surface area (Å²) in [4.78, 5) is 0. The minimum Gasteiger partial charge on any atom is -0.507 e. The lowest BCUT2D eigenvalue weighted by atomic mass is 9.93. The number of phenols is 1. The molecular weight excluding hydrogens is 184 g/mol. The molecule has 0 amide bonds. The molecule has 0 radical (unpaired) electrons. The maximum Gasteiger partial charge on any atom is 0.123 e. The Morgan fingerprint density at radius 2 is 1.73 bits per heavy atom. The molecule has 1 unspecified atom stereocenters. The quantitative estimate of drug-likeness (QED) is 0.775. The minimum atomic E-state index is 0.373. The second-order valence-electron chi connectivity index (χ2n) is 4.03. The van der Waals surface area contributed by atoms with Crippen LogP contribution < -0.4 is 0 Å². The van der Waals surface area contributed by atoms with E-state index in [0.717, 1.165) is 11.8 Å². The highest BCUT2D eigenvalue weighted by Crippen LogP contribution is 2.32. The molecule has 0 aliphatic rings. The second-order valence-corrected chi connectivity index (χ2v) is 4.03. The summed E-state index contributed by atoms with van der Waals surface area (Å²) < 4.78 is 0. The van der Waals surface area contributed by atoms with Gasteiger partial charge in [-0.2, -0.15) is 0 Å². The number of hydrogen-bond acceptors (Lipinski definition) is 1. The highest BCUT2D eigenvalue weighted by molar-refractivity contribution is 5.91. The molecule has 0 saturated carbocycles. The first-order valence-corrected chi connectivity index (χ1v) is 5.44. The zero-order valence-corrected chi connectivity index (χ0v) is 9.20. The maximum absolute atomic E-state index is 9.75. The van der Waals surface area contributed by atoms with Crippen molar-refractivity contribution in [3.63, 3.8) is 0 Å². The van der Waals surface area contributed by atoms with Gasteiger partial charge in [0.2, 0.25) is 0 Å². The fourth-order valence-electron chi connectivity index (χ4n) is 1.96. The Bertz CT molecular complexity index is 474. The first kappa shape index (κ1) is 10.0. The van der Waals surface area contributed by atoms with E-state index in [0.29, 0.717) is 11.7 Å². The molecule has 0 fully saturated rings. The summed E-state index contributed by atoms with van der Waals surface area (Å²) in [6.07, 6.45) is 1.12. The highest BCUT2D eigenvalue weighted by atomic mass is 16.3. The molecule has 78 valence electrons. The first-order valence-electron chi connectivity index (χ1n) is 5.44. The van der Waals surface area contributed by atoms with Crippen LogP contribution in [0.3, 0.4) is 0 Å². The van der Waals surface area contributed by atoms with Gasteiger partial charge in [0.25, 0.3) is 0 Å². The van der Waals surface area contributed by atoms with Gasteiger partial charge >= 0.3 is 0 Å². The van der Waals surface area contributed by atoms with Crippen LogP contribution in [0.15, 0.2) is 36.4 Å². The lowest BCUT2D eigenvalue weighted by Crippen LogP contribution is -1.92. The zero-order valence-electron chi connectivity index (χ0n) is 9.20. The molecule has 1 nitrogen and oxygen atoms in total. The van der Waals surface area contributed by atoms with Crippen molar-refractivity contribution in [1.82, 2.24) is 0 Å². The van der Waals surface area contributed by atoms with E-state index < -0.39 is 0 Å². The molecule has 1 heteroatoms. The average molecular weight is 200 g/mol. The van der Waals surface area contributed by atoms with Gasteiger partial charge in [0.1, 0.15) is 5.75 Å². The topological polar surface area (TPSA) is 20.2 Å². The van der Waals surface area contributed by atoms with Gasteiger partial charge in [0.05, 0.1) is 0 Å². The summed E-state index contributed by atoms with van der Waals surface area (Å²) >= 11 is 0. The van der Waals surface area contributed by atoms with E-state index in [1.165, 1.54) is 10.9 Å². The number of aromatic hydroxyl groups is 1.